The third-order valence-electron chi connectivity index (χ3n) is 4.28. The molecule has 4 heterocycles. The molecule has 8 nitrogen and oxygen atoms in total. The Morgan fingerprint density at radius 3 is 2.92 bits per heavy atom. The number of carbonyl (C=O) groups excluding carboxylic acids is 1. The molecular formula is C17H18N6O2. The molecule has 0 aliphatic carbocycles. The Morgan fingerprint density at radius 1 is 1.32 bits per heavy atom. The van der Waals surface area contributed by atoms with Gasteiger partial charge in [0.25, 0.3) is 5.91 Å². The van der Waals surface area contributed by atoms with Crippen molar-refractivity contribution in [3.05, 3.63) is 60.3 Å². The molecule has 0 saturated heterocycles. The number of anilines is 1. The van der Waals surface area contributed by atoms with E-state index in [9.17, 15) is 4.79 Å². The number of rotatable bonds is 4. The van der Waals surface area contributed by atoms with Crippen LogP contribution in [0.4, 0.5) is 5.95 Å². The van der Waals surface area contributed by atoms with Crippen molar-refractivity contribution in [2.75, 3.05) is 11.4 Å². The van der Waals surface area contributed by atoms with E-state index >= 15 is 0 Å². The summed E-state index contributed by atoms with van der Waals surface area (Å²) in [6.45, 7) is 3.88. The van der Waals surface area contributed by atoms with Crippen LogP contribution in [-0.2, 0) is 13.1 Å². The minimum Gasteiger partial charge on any atom is -0.467 e. The maximum Gasteiger partial charge on any atom is 0.271 e. The molecule has 0 radical (unpaired) electrons. The Hall–Kier alpha value is -3.16. The largest absolute Gasteiger partial charge is 0.467 e. The number of hydrogen-bond donors (Lipinski definition) is 1. The van der Waals surface area contributed by atoms with Crippen LogP contribution in [0, 0.1) is 0 Å². The van der Waals surface area contributed by atoms with E-state index in [0.29, 0.717) is 23.9 Å². The third kappa shape index (κ3) is 2.98. The average Bonchev–Trinajstić information content (AvgIpc) is 3.31. The molecule has 1 unspecified atom stereocenters. The smallest absolute Gasteiger partial charge is 0.271 e. The van der Waals surface area contributed by atoms with Crippen LogP contribution in [0.15, 0.2) is 47.5 Å². The normalized spacial score (nSPS) is 16.5. The first-order valence-corrected chi connectivity index (χ1v) is 8.13. The van der Waals surface area contributed by atoms with Crippen molar-refractivity contribution in [2.24, 2.45) is 0 Å². The highest BCUT2D eigenvalue weighted by Crippen LogP contribution is 2.27. The molecule has 128 valence electrons. The van der Waals surface area contributed by atoms with Gasteiger partial charge in [-0.2, -0.15) is 0 Å². The molecule has 0 spiro atoms. The highest BCUT2D eigenvalue weighted by atomic mass is 16.3. The number of hydrogen-bond acceptors (Lipinski definition) is 6. The number of imidazole rings is 1. The second-order valence-corrected chi connectivity index (χ2v) is 5.86. The summed E-state index contributed by atoms with van der Waals surface area (Å²) in [7, 11) is 0. The summed E-state index contributed by atoms with van der Waals surface area (Å²) in [5.74, 6) is 2.00. The van der Waals surface area contributed by atoms with Crippen molar-refractivity contribution in [3.63, 3.8) is 0 Å². The van der Waals surface area contributed by atoms with Gasteiger partial charge in [0.2, 0.25) is 5.95 Å². The minimum atomic E-state index is -0.215. The molecule has 1 aliphatic rings. The zero-order chi connectivity index (χ0) is 17.2. The van der Waals surface area contributed by atoms with Gasteiger partial charge in [-0.15, -0.1) is 0 Å². The average molecular weight is 338 g/mol. The fraction of sp³-hybridized carbons (Fsp3) is 0.294. The molecular weight excluding hydrogens is 320 g/mol. The van der Waals surface area contributed by atoms with Crippen LogP contribution in [0.25, 0.3) is 0 Å². The standard InChI is InChI=1S/C17H18N6O2/c1-12-15-21-14(16(24)20-10-13-4-2-9-25-13)11-22(15)7-8-23(12)17-18-5-3-6-19-17/h2-6,9,11-12H,7-8,10H2,1H3,(H,20,24). The lowest BCUT2D eigenvalue weighted by molar-refractivity contribution is 0.0943. The predicted octanol–water partition coefficient (Wildman–Crippen LogP) is 1.78. The summed E-state index contributed by atoms with van der Waals surface area (Å²) in [6.07, 6.45) is 6.83. The first-order chi connectivity index (χ1) is 12.2. The molecule has 3 aromatic rings. The molecule has 1 atom stereocenters. The van der Waals surface area contributed by atoms with E-state index in [-0.39, 0.29) is 11.9 Å². The van der Waals surface area contributed by atoms with Crippen molar-refractivity contribution in [1.29, 1.82) is 0 Å². The van der Waals surface area contributed by atoms with Gasteiger partial charge in [-0.05, 0) is 25.1 Å². The Bertz CT molecular complexity index is 859. The molecule has 1 N–H and O–H groups in total. The van der Waals surface area contributed by atoms with Crippen molar-refractivity contribution >= 4 is 11.9 Å². The zero-order valence-electron chi connectivity index (χ0n) is 13.8. The van der Waals surface area contributed by atoms with E-state index in [2.05, 4.69) is 25.2 Å². The van der Waals surface area contributed by atoms with Crippen molar-refractivity contribution < 1.29 is 9.21 Å². The first-order valence-electron chi connectivity index (χ1n) is 8.13. The topological polar surface area (TPSA) is 89.1 Å². The van der Waals surface area contributed by atoms with Crippen LogP contribution in [0.5, 0.6) is 0 Å². The highest BCUT2D eigenvalue weighted by molar-refractivity contribution is 5.92. The van der Waals surface area contributed by atoms with E-state index in [1.807, 2.05) is 17.6 Å². The number of nitrogens with zero attached hydrogens (tertiary/aromatic N) is 5. The Labute approximate surface area is 144 Å². The number of furan rings is 1. The second kappa shape index (κ2) is 6.39. The molecule has 8 heteroatoms. The van der Waals surface area contributed by atoms with E-state index in [1.165, 1.54) is 0 Å². The van der Waals surface area contributed by atoms with Gasteiger partial charge in [0, 0.05) is 31.7 Å². The Morgan fingerprint density at radius 2 is 2.16 bits per heavy atom. The maximum atomic E-state index is 12.3. The van der Waals surface area contributed by atoms with Gasteiger partial charge in [-0.3, -0.25) is 4.79 Å². The molecule has 4 rings (SSSR count). The predicted molar refractivity (Wildman–Crippen MR) is 89.9 cm³/mol. The zero-order valence-corrected chi connectivity index (χ0v) is 13.8. The summed E-state index contributed by atoms with van der Waals surface area (Å²) < 4.78 is 7.24. The maximum absolute atomic E-state index is 12.3. The second-order valence-electron chi connectivity index (χ2n) is 5.86. The van der Waals surface area contributed by atoms with Crippen LogP contribution in [0.1, 0.15) is 35.0 Å². The lowest BCUT2D eigenvalue weighted by Crippen LogP contribution is -2.37. The van der Waals surface area contributed by atoms with Gasteiger partial charge in [0.1, 0.15) is 17.3 Å². The third-order valence-corrected chi connectivity index (χ3v) is 4.28. The molecule has 0 bridgehead atoms. The van der Waals surface area contributed by atoms with Gasteiger partial charge < -0.3 is 19.2 Å². The number of nitrogens with one attached hydrogen (secondary N) is 1. The number of fused-ring (bicyclic) bond motifs is 1. The number of amides is 1. The van der Waals surface area contributed by atoms with E-state index < -0.39 is 0 Å². The molecule has 0 saturated carbocycles. The van der Waals surface area contributed by atoms with Gasteiger partial charge >= 0.3 is 0 Å². The summed E-state index contributed by atoms with van der Waals surface area (Å²) in [6, 6.07) is 5.39. The molecule has 0 aromatic carbocycles. The van der Waals surface area contributed by atoms with Crippen LogP contribution in [-0.4, -0.2) is 32.0 Å². The molecule has 25 heavy (non-hydrogen) atoms. The lowest BCUT2D eigenvalue weighted by atomic mass is 10.2. The van der Waals surface area contributed by atoms with Gasteiger partial charge in [0.15, 0.2) is 0 Å². The molecule has 1 amide bonds. The highest BCUT2D eigenvalue weighted by Gasteiger charge is 2.29. The summed E-state index contributed by atoms with van der Waals surface area (Å²) >= 11 is 0. The van der Waals surface area contributed by atoms with Gasteiger partial charge in [-0.1, -0.05) is 0 Å². The quantitative estimate of drug-likeness (QED) is 0.780. The first kappa shape index (κ1) is 15.4. The van der Waals surface area contributed by atoms with Crippen LogP contribution >= 0.6 is 0 Å². The SMILES string of the molecule is CC1c2nc(C(=O)NCc3ccco3)cn2CCN1c1ncccn1. The molecule has 1 aliphatic heterocycles. The Kier molecular flexibility index (Phi) is 3.93. The van der Waals surface area contributed by atoms with Crippen molar-refractivity contribution in [1.82, 2.24) is 24.8 Å². The monoisotopic (exact) mass is 338 g/mol. The van der Waals surface area contributed by atoms with Crippen molar-refractivity contribution in [3.8, 4) is 0 Å². The fourth-order valence-corrected chi connectivity index (χ4v) is 2.98. The van der Waals surface area contributed by atoms with E-state index in [1.54, 1.807) is 37.0 Å². The summed E-state index contributed by atoms with van der Waals surface area (Å²) in [4.78, 5) is 27.6. The molecule has 0 fully saturated rings. The van der Waals surface area contributed by atoms with Crippen LogP contribution < -0.4 is 10.2 Å². The van der Waals surface area contributed by atoms with Crippen LogP contribution in [0.2, 0.25) is 0 Å². The summed E-state index contributed by atoms with van der Waals surface area (Å²) in [5, 5.41) is 2.82. The van der Waals surface area contributed by atoms with E-state index in [0.717, 1.165) is 18.9 Å². The van der Waals surface area contributed by atoms with Gasteiger partial charge in [-0.25, -0.2) is 15.0 Å². The fourth-order valence-electron chi connectivity index (χ4n) is 2.98. The minimum absolute atomic E-state index is 0.0113. The van der Waals surface area contributed by atoms with Gasteiger partial charge in [0.05, 0.1) is 18.8 Å². The lowest BCUT2D eigenvalue weighted by Gasteiger charge is -2.33. The number of carbonyl (C=O) groups is 1. The molecule has 3 aromatic heterocycles. The van der Waals surface area contributed by atoms with Crippen LogP contribution in [0.3, 0.4) is 0 Å². The van der Waals surface area contributed by atoms with Crippen molar-refractivity contribution in [2.45, 2.75) is 26.1 Å². The number of aromatic nitrogens is 4. The summed E-state index contributed by atoms with van der Waals surface area (Å²) in [5.41, 5.74) is 0.407. The van der Waals surface area contributed by atoms with E-state index in [4.69, 9.17) is 4.42 Å². The Balaban J connectivity index is 1.50.